The van der Waals surface area contributed by atoms with Gasteiger partial charge in [-0.3, -0.25) is 9.69 Å². The van der Waals surface area contributed by atoms with Crippen molar-refractivity contribution in [1.29, 1.82) is 0 Å². The Hall–Kier alpha value is -1.39. The van der Waals surface area contributed by atoms with E-state index in [9.17, 15) is 4.79 Å². The molecule has 1 atom stereocenters. The highest BCUT2D eigenvalue weighted by atomic mass is 16.2. The number of aryl methyl sites for hydroxylation is 1. The highest BCUT2D eigenvalue weighted by Gasteiger charge is 2.33. The van der Waals surface area contributed by atoms with Crippen LogP contribution in [0.25, 0.3) is 0 Å². The van der Waals surface area contributed by atoms with E-state index in [0.29, 0.717) is 13.1 Å². The molecule has 16 heavy (non-hydrogen) atoms. The maximum absolute atomic E-state index is 11.9. The zero-order valence-corrected chi connectivity index (χ0v) is 9.66. The second-order valence-corrected chi connectivity index (χ2v) is 4.20. The molecule has 2 rings (SSSR count). The third kappa shape index (κ3) is 1.70. The lowest BCUT2D eigenvalue weighted by molar-refractivity contribution is -0.120. The van der Waals surface area contributed by atoms with Crippen LogP contribution in [0.3, 0.4) is 0 Å². The topological polar surface area (TPSA) is 58.4 Å². The number of benzene rings is 1. The average Bonchev–Trinajstić information content (AvgIpc) is 2.56. The first kappa shape index (κ1) is 11.1. The van der Waals surface area contributed by atoms with Crippen LogP contribution in [0.5, 0.6) is 0 Å². The Morgan fingerprint density at radius 2 is 2.25 bits per heavy atom. The van der Waals surface area contributed by atoms with Crippen molar-refractivity contribution in [3.63, 3.8) is 0 Å². The van der Waals surface area contributed by atoms with Gasteiger partial charge in [-0.1, -0.05) is 18.2 Å². The highest BCUT2D eigenvalue weighted by Crippen LogP contribution is 2.35. The number of likely N-dealkylation sites (N-methyl/N-ethyl adjacent to an activating group) is 1. The number of anilines is 1. The molecule has 1 aromatic rings. The summed E-state index contributed by atoms with van der Waals surface area (Å²) in [7, 11) is 1.93. The minimum absolute atomic E-state index is 0.0419. The third-order valence-corrected chi connectivity index (χ3v) is 3.02. The molecule has 1 amide bonds. The van der Waals surface area contributed by atoms with Gasteiger partial charge >= 0.3 is 0 Å². The van der Waals surface area contributed by atoms with E-state index < -0.39 is 0 Å². The van der Waals surface area contributed by atoms with E-state index >= 15 is 0 Å². The number of carbonyl (C=O) groups is 1. The van der Waals surface area contributed by atoms with Crippen LogP contribution in [0.1, 0.15) is 17.2 Å². The summed E-state index contributed by atoms with van der Waals surface area (Å²) in [6.45, 7) is 3.28. The quantitative estimate of drug-likeness (QED) is 0.793. The molecule has 0 aliphatic carbocycles. The predicted octanol–water partition coefficient (Wildman–Crippen LogP) is 0.879. The number of hydrogen-bond acceptors (Lipinski definition) is 3. The molecule has 1 aliphatic rings. The molecule has 1 unspecified atom stereocenters. The number of nitrogens with one attached hydrogen (secondary N) is 1. The Morgan fingerprint density at radius 3 is 2.94 bits per heavy atom. The summed E-state index contributed by atoms with van der Waals surface area (Å²) in [5, 5.41) is 2.93. The standard InChI is InChI=1S/C12H17N3O/c1-8-4-3-5-9-10(8)14-12(16)11(9)15(2)7-6-13/h3-5,11H,6-7,13H2,1-2H3,(H,14,16). The SMILES string of the molecule is Cc1cccc2c1NC(=O)C2N(C)CCN. The molecule has 0 aromatic heterocycles. The molecule has 1 aromatic carbocycles. The first-order chi connectivity index (χ1) is 7.65. The van der Waals surface area contributed by atoms with E-state index in [0.717, 1.165) is 16.8 Å². The normalized spacial score (nSPS) is 18.8. The predicted molar refractivity (Wildman–Crippen MR) is 64.2 cm³/mol. The van der Waals surface area contributed by atoms with Gasteiger partial charge in [0.05, 0.1) is 0 Å². The molecule has 0 fully saturated rings. The summed E-state index contributed by atoms with van der Waals surface area (Å²) < 4.78 is 0. The van der Waals surface area contributed by atoms with Crippen LogP contribution in [-0.4, -0.2) is 30.9 Å². The highest BCUT2D eigenvalue weighted by molar-refractivity contribution is 6.03. The number of hydrogen-bond donors (Lipinski definition) is 2. The van der Waals surface area contributed by atoms with Crippen molar-refractivity contribution in [2.75, 3.05) is 25.5 Å². The van der Waals surface area contributed by atoms with E-state index in [4.69, 9.17) is 5.73 Å². The number of nitrogens with zero attached hydrogens (tertiary/aromatic N) is 1. The lowest BCUT2D eigenvalue weighted by atomic mass is 10.0. The Labute approximate surface area is 95.4 Å². The number of amides is 1. The molecule has 1 aliphatic heterocycles. The van der Waals surface area contributed by atoms with Crippen molar-refractivity contribution in [1.82, 2.24) is 4.90 Å². The van der Waals surface area contributed by atoms with Gasteiger partial charge in [0.25, 0.3) is 0 Å². The van der Waals surface area contributed by atoms with Crippen molar-refractivity contribution in [2.24, 2.45) is 5.73 Å². The molecular formula is C12H17N3O. The Balaban J connectivity index is 2.36. The van der Waals surface area contributed by atoms with Gasteiger partial charge in [-0.2, -0.15) is 0 Å². The molecule has 0 saturated heterocycles. The smallest absolute Gasteiger partial charge is 0.246 e. The summed E-state index contributed by atoms with van der Waals surface area (Å²) in [4.78, 5) is 13.9. The zero-order chi connectivity index (χ0) is 11.7. The maximum atomic E-state index is 11.9. The molecule has 4 heteroatoms. The molecule has 0 spiro atoms. The Morgan fingerprint density at radius 1 is 1.50 bits per heavy atom. The molecule has 3 N–H and O–H groups in total. The Kier molecular flexibility index (Phi) is 2.94. The lowest BCUT2D eigenvalue weighted by Crippen LogP contribution is -2.33. The first-order valence-electron chi connectivity index (χ1n) is 5.46. The molecule has 1 heterocycles. The van der Waals surface area contributed by atoms with Gasteiger partial charge in [0.2, 0.25) is 5.91 Å². The van der Waals surface area contributed by atoms with Crippen molar-refractivity contribution < 1.29 is 4.79 Å². The van der Waals surface area contributed by atoms with Crippen molar-refractivity contribution >= 4 is 11.6 Å². The zero-order valence-electron chi connectivity index (χ0n) is 9.66. The van der Waals surface area contributed by atoms with E-state index in [-0.39, 0.29) is 11.9 Å². The number of para-hydroxylation sites is 1. The van der Waals surface area contributed by atoms with Crippen LogP contribution in [0.2, 0.25) is 0 Å². The van der Waals surface area contributed by atoms with Crippen LogP contribution in [0, 0.1) is 6.92 Å². The number of nitrogens with two attached hydrogens (primary N) is 1. The maximum Gasteiger partial charge on any atom is 0.246 e. The fourth-order valence-electron chi connectivity index (χ4n) is 2.19. The molecular weight excluding hydrogens is 202 g/mol. The Bertz CT molecular complexity index is 417. The molecule has 0 bridgehead atoms. The second-order valence-electron chi connectivity index (χ2n) is 4.20. The van der Waals surface area contributed by atoms with Gasteiger partial charge in [0, 0.05) is 24.3 Å². The summed E-state index contributed by atoms with van der Waals surface area (Å²) in [5.74, 6) is 0.0419. The second kappa shape index (κ2) is 4.23. The largest absolute Gasteiger partial charge is 0.329 e. The van der Waals surface area contributed by atoms with Crippen molar-refractivity contribution in [3.8, 4) is 0 Å². The summed E-state index contributed by atoms with van der Waals surface area (Å²) in [5.41, 5.74) is 8.64. The number of rotatable bonds is 3. The summed E-state index contributed by atoms with van der Waals surface area (Å²) in [6.07, 6.45) is 0. The molecule has 86 valence electrons. The average molecular weight is 219 g/mol. The van der Waals surface area contributed by atoms with E-state index in [2.05, 4.69) is 5.32 Å². The van der Waals surface area contributed by atoms with E-state index in [1.54, 1.807) is 0 Å². The van der Waals surface area contributed by atoms with Gasteiger partial charge in [-0.25, -0.2) is 0 Å². The van der Waals surface area contributed by atoms with Crippen LogP contribution >= 0.6 is 0 Å². The van der Waals surface area contributed by atoms with Gasteiger partial charge in [0.1, 0.15) is 6.04 Å². The van der Waals surface area contributed by atoms with Gasteiger partial charge in [-0.05, 0) is 19.5 Å². The molecule has 0 radical (unpaired) electrons. The monoisotopic (exact) mass is 219 g/mol. The lowest BCUT2D eigenvalue weighted by Gasteiger charge is -2.21. The third-order valence-electron chi connectivity index (χ3n) is 3.02. The summed E-state index contributed by atoms with van der Waals surface area (Å²) in [6, 6.07) is 5.79. The summed E-state index contributed by atoms with van der Waals surface area (Å²) >= 11 is 0. The fourth-order valence-corrected chi connectivity index (χ4v) is 2.19. The van der Waals surface area contributed by atoms with Gasteiger partial charge < -0.3 is 11.1 Å². The van der Waals surface area contributed by atoms with Gasteiger partial charge in [0.15, 0.2) is 0 Å². The minimum Gasteiger partial charge on any atom is -0.329 e. The van der Waals surface area contributed by atoms with E-state index in [1.165, 1.54) is 0 Å². The van der Waals surface area contributed by atoms with Crippen LogP contribution in [0.15, 0.2) is 18.2 Å². The number of carbonyl (C=O) groups excluding carboxylic acids is 1. The van der Waals surface area contributed by atoms with Crippen LogP contribution in [-0.2, 0) is 4.79 Å². The first-order valence-corrected chi connectivity index (χ1v) is 5.46. The van der Waals surface area contributed by atoms with E-state index in [1.807, 2.05) is 37.1 Å². The fraction of sp³-hybridized carbons (Fsp3) is 0.417. The van der Waals surface area contributed by atoms with Crippen molar-refractivity contribution in [2.45, 2.75) is 13.0 Å². The molecule has 4 nitrogen and oxygen atoms in total. The number of fused-ring (bicyclic) bond motifs is 1. The minimum atomic E-state index is -0.196. The van der Waals surface area contributed by atoms with Crippen LogP contribution < -0.4 is 11.1 Å². The molecule has 0 saturated carbocycles. The van der Waals surface area contributed by atoms with Gasteiger partial charge in [-0.15, -0.1) is 0 Å². The van der Waals surface area contributed by atoms with Crippen LogP contribution in [0.4, 0.5) is 5.69 Å². The van der Waals surface area contributed by atoms with Crippen molar-refractivity contribution in [3.05, 3.63) is 29.3 Å².